The summed E-state index contributed by atoms with van der Waals surface area (Å²) in [4.78, 5) is 19.0. The second kappa shape index (κ2) is 9.14. The van der Waals surface area contributed by atoms with Crippen molar-refractivity contribution in [3.05, 3.63) is 77.9 Å². The Balaban J connectivity index is 1.58. The molecule has 2 heterocycles. The minimum Gasteiger partial charge on any atom is -0.469 e. The van der Waals surface area contributed by atoms with E-state index in [1.54, 1.807) is 6.26 Å². The van der Waals surface area contributed by atoms with Gasteiger partial charge in [-0.25, -0.2) is 0 Å². The molecule has 5 nitrogen and oxygen atoms in total. The van der Waals surface area contributed by atoms with E-state index in [2.05, 4.69) is 21.3 Å². The predicted octanol–water partition coefficient (Wildman–Crippen LogP) is 3.77. The number of benzene rings is 1. The van der Waals surface area contributed by atoms with Gasteiger partial charge in [0.05, 0.1) is 12.0 Å². The Labute approximate surface area is 160 Å². The second-order valence-electron chi connectivity index (χ2n) is 6.81. The van der Waals surface area contributed by atoms with Crippen LogP contribution in [-0.2, 0) is 13.0 Å². The van der Waals surface area contributed by atoms with Crippen LogP contribution in [0.25, 0.3) is 11.3 Å². The predicted molar refractivity (Wildman–Crippen MR) is 106 cm³/mol. The van der Waals surface area contributed by atoms with Crippen LogP contribution in [0.5, 0.6) is 0 Å². The van der Waals surface area contributed by atoms with Crippen molar-refractivity contribution in [2.75, 3.05) is 20.6 Å². The van der Waals surface area contributed by atoms with Crippen LogP contribution >= 0.6 is 0 Å². The highest BCUT2D eigenvalue weighted by molar-refractivity contribution is 5.95. The van der Waals surface area contributed by atoms with Gasteiger partial charge in [0.25, 0.3) is 5.91 Å². The zero-order valence-corrected chi connectivity index (χ0v) is 15.8. The summed E-state index contributed by atoms with van der Waals surface area (Å²) >= 11 is 0. The zero-order chi connectivity index (χ0) is 19.1. The van der Waals surface area contributed by atoms with Gasteiger partial charge < -0.3 is 14.6 Å². The van der Waals surface area contributed by atoms with Gasteiger partial charge in [-0.1, -0.05) is 18.2 Å². The van der Waals surface area contributed by atoms with Crippen molar-refractivity contribution >= 4 is 5.91 Å². The Bertz CT molecular complexity index is 856. The van der Waals surface area contributed by atoms with Gasteiger partial charge >= 0.3 is 0 Å². The molecule has 1 N–H and O–H groups in total. The first-order valence-corrected chi connectivity index (χ1v) is 9.12. The molecule has 140 valence electrons. The number of rotatable bonds is 8. The molecule has 1 aromatic carbocycles. The summed E-state index contributed by atoms with van der Waals surface area (Å²) in [7, 11) is 4.06. The Morgan fingerprint density at radius 1 is 1.15 bits per heavy atom. The van der Waals surface area contributed by atoms with E-state index in [-0.39, 0.29) is 5.91 Å². The zero-order valence-electron chi connectivity index (χ0n) is 15.8. The first-order chi connectivity index (χ1) is 13.1. The maximum atomic E-state index is 12.4. The molecule has 1 amide bonds. The summed E-state index contributed by atoms with van der Waals surface area (Å²) < 4.78 is 5.30. The van der Waals surface area contributed by atoms with Crippen molar-refractivity contribution in [1.82, 2.24) is 15.2 Å². The number of hydrogen-bond acceptors (Lipinski definition) is 4. The van der Waals surface area contributed by atoms with Crippen molar-refractivity contribution < 1.29 is 9.21 Å². The molecule has 27 heavy (non-hydrogen) atoms. The third-order valence-electron chi connectivity index (χ3n) is 4.21. The van der Waals surface area contributed by atoms with Crippen molar-refractivity contribution in [2.24, 2.45) is 0 Å². The number of hydrogen-bond donors (Lipinski definition) is 1. The van der Waals surface area contributed by atoms with Crippen LogP contribution in [0.4, 0.5) is 0 Å². The third kappa shape index (κ3) is 5.53. The molecule has 0 fully saturated rings. The highest BCUT2D eigenvalue weighted by Gasteiger charge is 2.08. The van der Waals surface area contributed by atoms with E-state index in [1.807, 2.05) is 62.8 Å². The van der Waals surface area contributed by atoms with Crippen LogP contribution in [-0.4, -0.2) is 36.4 Å². The lowest BCUT2D eigenvalue weighted by Gasteiger charge is -2.10. The molecule has 3 rings (SSSR count). The molecule has 0 atom stereocenters. The molecule has 2 aromatic heterocycles. The standard InChI is InChI=1S/C22H25N3O2/c1-25(2)16-17-10-11-21(24-15-17)18-6-3-7-19(14-18)22(26)23-12-4-8-20-9-5-13-27-20/h3,5-7,9-11,13-15H,4,8,12,16H2,1-2H3,(H,23,26). The maximum Gasteiger partial charge on any atom is 0.251 e. The van der Waals surface area contributed by atoms with Gasteiger partial charge in [-0.2, -0.15) is 0 Å². The number of amides is 1. The molecular weight excluding hydrogens is 338 g/mol. The van der Waals surface area contributed by atoms with E-state index in [0.717, 1.165) is 42.0 Å². The number of pyridine rings is 1. The average molecular weight is 363 g/mol. The summed E-state index contributed by atoms with van der Waals surface area (Å²) in [5, 5.41) is 2.96. The number of carbonyl (C=O) groups excluding carboxylic acids is 1. The Morgan fingerprint density at radius 2 is 2.04 bits per heavy atom. The first-order valence-electron chi connectivity index (χ1n) is 9.12. The minimum atomic E-state index is -0.0690. The second-order valence-corrected chi connectivity index (χ2v) is 6.81. The van der Waals surface area contributed by atoms with Crippen molar-refractivity contribution in [2.45, 2.75) is 19.4 Å². The van der Waals surface area contributed by atoms with Crippen LogP contribution < -0.4 is 5.32 Å². The lowest BCUT2D eigenvalue weighted by molar-refractivity contribution is 0.0953. The largest absolute Gasteiger partial charge is 0.469 e. The molecule has 0 aliphatic heterocycles. The summed E-state index contributed by atoms with van der Waals surface area (Å²) in [6.07, 6.45) is 5.21. The monoisotopic (exact) mass is 363 g/mol. The minimum absolute atomic E-state index is 0.0690. The fourth-order valence-electron chi connectivity index (χ4n) is 2.90. The van der Waals surface area contributed by atoms with Crippen molar-refractivity contribution in [3.63, 3.8) is 0 Å². The van der Waals surface area contributed by atoms with E-state index < -0.39 is 0 Å². The molecule has 3 aromatic rings. The quantitative estimate of drug-likeness (QED) is 0.619. The van der Waals surface area contributed by atoms with Gasteiger partial charge in [0.1, 0.15) is 5.76 Å². The Kier molecular flexibility index (Phi) is 6.39. The van der Waals surface area contributed by atoms with Crippen LogP contribution in [0.1, 0.15) is 28.1 Å². The molecular formula is C22H25N3O2. The molecule has 0 radical (unpaired) electrons. The molecule has 0 saturated carbocycles. The number of furan rings is 1. The lowest BCUT2D eigenvalue weighted by Crippen LogP contribution is -2.24. The fraction of sp³-hybridized carbons (Fsp3) is 0.273. The molecule has 0 unspecified atom stereocenters. The number of aromatic nitrogens is 1. The van der Waals surface area contributed by atoms with E-state index in [4.69, 9.17) is 4.42 Å². The highest BCUT2D eigenvalue weighted by Crippen LogP contribution is 2.19. The Morgan fingerprint density at radius 3 is 2.74 bits per heavy atom. The highest BCUT2D eigenvalue weighted by atomic mass is 16.3. The molecule has 5 heteroatoms. The fourth-order valence-corrected chi connectivity index (χ4v) is 2.90. The number of nitrogens with one attached hydrogen (secondary N) is 1. The topological polar surface area (TPSA) is 58.4 Å². The molecule has 0 bridgehead atoms. The van der Waals surface area contributed by atoms with Crippen LogP contribution in [0.2, 0.25) is 0 Å². The molecule has 0 spiro atoms. The van der Waals surface area contributed by atoms with Gasteiger partial charge in [0, 0.05) is 36.8 Å². The first kappa shape index (κ1) is 18.9. The van der Waals surface area contributed by atoms with E-state index >= 15 is 0 Å². The molecule has 0 saturated heterocycles. The van der Waals surface area contributed by atoms with Crippen LogP contribution in [0.3, 0.4) is 0 Å². The van der Waals surface area contributed by atoms with Crippen LogP contribution in [0, 0.1) is 0 Å². The summed E-state index contributed by atoms with van der Waals surface area (Å²) in [6.45, 7) is 1.47. The van der Waals surface area contributed by atoms with Gasteiger partial charge in [0.15, 0.2) is 0 Å². The van der Waals surface area contributed by atoms with Crippen LogP contribution in [0.15, 0.2) is 65.4 Å². The van der Waals surface area contributed by atoms with E-state index in [0.29, 0.717) is 12.1 Å². The summed E-state index contributed by atoms with van der Waals surface area (Å²) in [5.41, 5.74) is 3.61. The SMILES string of the molecule is CN(C)Cc1ccc(-c2cccc(C(=O)NCCCc3ccco3)c2)nc1. The van der Waals surface area contributed by atoms with E-state index in [9.17, 15) is 4.79 Å². The van der Waals surface area contributed by atoms with Gasteiger partial charge in [-0.05, 0) is 56.4 Å². The number of aryl methyl sites for hydroxylation is 1. The van der Waals surface area contributed by atoms with Crippen molar-refractivity contribution in [1.29, 1.82) is 0 Å². The van der Waals surface area contributed by atoms with Gasteiger partial charge in [-0.3, -0.25) is 9.78 Å². The summed E-state index contributed by atoms with van der Waals surface area (Å²) in [6, 6.07) is 15.5. The van der Waals surface area contributed by atoms with E-state index in [1.165, 1.54) is 0 Å². The lowest BCUT2D eigenvalue weighted by atomic mass is 10.1. The third-order valence-corrected chi connectivity index (χ3v) is 4.21. The molecule has 0 aliphatic carbocycles. The van der Waals surface area contributed by atoms with Gasteiger partial charge in [-0.15, -0.1) is 0 Å². The number of carbonyl (C=O) groups is 1. The maximum absolute atomic E-state index is 12.4. The average Bonchev–Trinajstić information content (AvgIpc) is 3.19. The normalized spacial score (nSPS) is 10.9. The summed E-state index contributed by atoms with van der Waals surface area (Å²) in [5.74, 6) is 0.871. The molecule has 0 aliphatic rings. The van der Waals surface area contributed by atoms with Gasteiger partial charge in [0.2, 0.25) is 0 Å². The Hall–Kier alpha value is -2.92. The van der Waals surface area contributed by atoms with Crippen molar-refractivity contribution in [3.8, 4) is 11.3 Å². The smallest absolute Gasteiger partial charge is 0.251 e. The number of nitrogens with zero attached hydrogens (tertiary/aromatic N) is 2.